The van der Waals surface area contributed by atoms with Gasteiger partial charge in [0.05, 0.1) is 12.1 Å². The third kappa shape index (κ3) is 3.76. The highest BCUT2D eigenvalue weighted by atomic mass is 16.3. The number of carbonyl (C=O) groups excluding carboxylic acids is 1. The van der Waals surface area contributed by atoms with E-state index in [2.05, 4.69) is 5.32 Å². The first-order chi connectivity index (χ1) is 7.52. The van der Waals surface area contributed by atoms with Crippen LogP contribution < -0.4 is 5.32 Å². The summed E-state index contributed by atoms with van der Waals surface area (Å²) in [5.74, 6) is 0.122. The molecule has 4 heteroatoms. The molecule has 0 saturated heterocycles. The number of nitrogens with one attached hydrogen (secondary N) is 1. The third-order valence-corrected chi connectivity index (χ3v) is 3.53. The molecule has 0 aliphatic heterocycles. The Bertz CT molecular complexity index is 235. The lowest BCUT2D eigenvalue weighted by molar-refractivity contribution is -0.129. The van der Waals surface area contributed by atoms with Crippen molar-refractivity contribution in [3.05, 3.63) is 0 Å². The number of carbonyl (C=O) groups is 1. The van der Waals surface area contributed by atoms with Crippen molar-refractivity contribution < 1.29 is 9.90 Å². The molecular weight excluding hydrogens is 204 g/mol. The minimum atomic E-state index is -0.668. The number of likely N-dealkylation sites (N-methyl/N-ethyl adjacent to an activating group) is 1. The highest BCUT2D eigenvalue weighted by Crippen LogP contribution is 2.25. The van der Waals surface area contributed by atoms with Crippen LogP contribution in [0.25, 0.3) is 0 Å². The number of rotatable bonds is 7. The zero-order chi connectivity index (χ0) is 12.2. The smallest absolute Gasteiger partial charge is 0.236 e. The largest absolute Gasteiger partial charge is 0.389 e. The van der Waals surface area contributed by atoms with Crippen LogP contribution in [0.5, 0.6) is 0 Å². The van der Waals surface area contributed by atoms with Crippen LogP contribution in [-0.4, -0.2) is 47.7 Å². The molecule has 0 bridgehead atoms. The predicted molar refractivity (Wildman–Crippen MR) is 64.2 cm³/mol. The predicted octanol–water partition coefficient (Wildman–Crippen LogP) is 0.748. The Morgan fingerprint density at radius 3 is 2.44 bits per heavy atom. The van der Waals surface area contributed by atoms with Gasteiger partial charge in [0.25, 0.3) is 0 Å². The number of aliphatic hydroxyl groups is 1. The summed E-state index contributed by atoms with van der Waals surface area (Å²) >= 11 is 0. The molecule has 1 rings (SSSR count). The first-order valence-electron chi connectivity index (χ1n) is 6.21. The van der Waals surface area contributed by atoms with E-state index >= 15 is 0 Å². The molecule has 0 atom stereocenters. The molecule has 94 valence electrons. The van der Waals surface area contributed by atoms with Gasteiger partial charge in [-0.25, -0.2) is 0 Å². The van der Waals surface area contributed by atoms with Crippen molar-refractivity contribution in [2.45, 2.75) is 51.2 Å². The highest BCUT2D eigenvalue weighted by molar-refractivity contribution is 5.78. The number of amides is 1. The van der Waals surface area contributed by atoms with Crippen LogP contribution in [0.1, 0.15) is 39.5 Å². The minimum Gasteiger partial charge on any atom is -0.389 e. The molecule has 1 aliphatic carbocycles. The van der Waals surface area contributed by atoms with Crippen molar-refractivity contribution in [3.8, 4) is 0 Å². The summed E-state index contributed by atoms with van der Waals surface area (Å²) in [7, 11) is 1.85. The Kier molecular flexibility index (Phi) is 4.74. The second kappa shape index (κ2) is 5.64. The van der Waals surface area contributed by atoms with Gasteiger partial charge in [0.1, 0.15) is 0 Å². The summed E-state index contributed by atoms with van der Waals surface area (Å²) in [5.41, 5.74) is -0.668. The van der Waals surface area contributed by atoms with E-state index in [1.54, 1.807) is 0 Å². The van der Waals surface area contributed by atoms with Crippen molar-refractivity contribution in [2.75, 3.05) is 20.1 Å². The molecule has 0 heterocycles. The van der Waals surface area contributed by atoms with E-state index in [0.717, 1.165) is 12.8 Å². The lowest BCUT2D eigenvalue weighted by Gasteiger charge is -2.26. The summed E-state index contributed by atoms with van der Waals surface area (Å²) in [4.78, 5) is 13.5. The fourth-order valence-electron chi connectivity index (χ4n) is 1.69. The van der Waals surface area contributed by atoms with E-state index < -0.39 is 5.60 Å². The number of nitrogens with zero attached hydrogens (tertiary/aromatic N) is 1. The maximum Gasteiger partial charge on any atom is 0.236 e. The van der Waals surface area contributed by atoms with Gasteiger partial charge in [0, 0.05) is 19.6 Å². The van der Waals surface area contributed by atoms with Gasteiger partial charge in [0.15, 0.2) is 0 Å². The van der Waals surface area contributed by atoms with E-state index in [4.69, 9.17) is 0 Å². The Labute approximate surface area is 98.0 Å². The number of hydrogen-bond donors (Lipinski definition) is 2. The molecule has 1 saturated carbocycles. The van der Waals surface area contributed by atoms with Crippen LogP contribution in [0.15, 0.2) is 0 Å². The monoisotopic (exact) mass is 228 g/mol. The standard InChI is InChI=1S/C12H24N2O2/c1-4-12(16,5-2)9-13-8-11(15)14(3)10-6-7-10/h10,13,16H,4-9H2,1-3H3. The zero-order valence-electron chi connectivity index (χ0n) is 10.6. The van der Waals surface area contributed by atoms with Crippen LogP contribution in [0.4, 0.5) is 0 Å². The Balaban J connectivity index is 2.21. The molecule has 4 nitrogen and oxygen atoms in total. The SMILES string of the molecule is CCC(O)(CC)CNCC(=O)N(C)C1CC1. The summed E-state index contributed by atoms with van der Waals surface area (Å²) < 4.78 is 0. The lowest BCUT2D eigenvalue weighted by Crippen LogP contribution is -2.44. The summed E-state index contributed by atoms with van der Waals surface area (Å²) in [5, 5.41) is 13.1. The Morgan fingerprint density at radius 1 is 1.44 bits per heavy atom. The van der Waals surface area contributed by atoms with Gasteiger partial charge < -0.3 is 15.3 Å². The third-order valence-electron chi connectivity index (χ3n) is 3.53. The fraction of sp³-hybridized carbons (Fsp3) is 0.917. The number of hydrogen-bond acceptors (Lipinski definition) is 3. The van der Waals surface area contributed by atoms with Gasteiger partial charge in [-0.15, -0.1) is 0 Å². The van der Waals surface area contributed by atoms with E-state index in [-0.39, 0.29) is 5.91 Å². The first-order valence-corrected chi connectivity index (χ1v) is 6.21. The summed E-state index contributed by atoms with van der Waals surface area (Å²) in [6, 6.07) is 0.463. The lowest BCUT2D eigenvalue weighted by atomic mass is 9.98. The van der Waals surface area contributed by atoms with Crippen LogP contribution in [0.3, 0.4) is 0 Å². The van der Waals surface area contributed by atoms with E-state index in [9.17, 15) is 9.90 Å². The van der Waals surface area contributed by atoms with E-state index in [1.807, 2.05) is 25.8 Å². The molecule has 2 N–H and O–H groups in total. The highest BCUT2D eigenvalue weighted by Gasteiger charge is 2.29. The van der Waals surface area contributed by atoms with Crippen molar-refractivity contribution in [3.63, 3.8) is 0 Å². The van der Waals surface area contributed by atoms with Crippen molar-refractivity contribution in [1.29, 1.82) is 0 Å². The van der Waals surface area contributed by atoms with Crippen molar-refractivity contribution >= 4 is 5.91 Å². The average Bonchev–Trinajstić information content (AvgIpc) is 3.11. The van der Waals surface area contributed by atoms with Gasteiger partial charge in [-0.1, -0.05) is 13.8 Å². The molecule has 0 spiro atoms. The maximum atomic E-state index is 11.7. The molecule has 1 fully saturated rings. The van der Waals surface area contributed by atoms with E-state index in [0.29, 0.717) is 32.0 Å². The molecule has 0 unspecified atom stereocenters. The molecule has 0 aromatic heterocycles. The van der Waals surface area contributed by atoms with E-state index in [1.165, 1.54) is 0 Å². The van der Waals surface area contributed by atoms with Crippen molar-refractivity contribution in [1.82, 2.24) is 10.2 Å². The average molecular weight is 228 g/mol. The van der Waals surface area contributed by atoms with Gasteiger partial charge in [0.2, 0.25) is 5.91 Å². The van der Waals surface area contributed by atoms with Crippen molar-refractivity contribution in [2.24, 2.45) is 0 Å². The molecule has 16 heavy (non-hydrogen) atoms. The zero-order valence-corrected chi connectivity index (χ0v) is 10.6. The minimum absolute atomic E-state index is 0.122. The quantitative estimate of drug-likeness (QED) is 0.676. The second-order valence-corrected chi connectivity index (χ2v) is 4.77. The van der Waals surface area contributed by atoms with Crippen LogP contribution in [0, 0.1) is 0 Å². The van der Waals surface area contributed by atoms with Crippen LogP contribution in [-0.2, 0) is 4.79 Å². The molecule has 1 aliphatic rings. The topological polar surface area (TPSA) is 52.6 Å². The maximum absolute atomic E-state index is 11.7. The summed E-state index contributed by atoms with van der Waals surface area (Å²) in [6.45, 7) is 4.74. The second-order valence-electron chi connectivity index (χ2n) is 4.77. The Morgan fingerprint density at radius 2 is 2.00 bits per heavy atom. The molecule has 0 radical (unpaired) electrons. The normalized spacial score (nSPS) is 16.2. The molecule has 1 amide bonds. The molecule has 0 aromatic rings. The van der Waals surface area contributed by atoms with Gasteiger partial charge in [-0.05, 0) is 25.7 Å². The first kappa shape index (κ1) is 13.5. The molecule has 0 aromatic carbocycles. The van der Waals surface area contributed by atoms with Gasteiger partial charge >= 0.3 is 0 Å². The van der Waals surface area contributed by atoms with Crippen LogP contribution in [0.2, 0.25) is 0 Å². The Hall–Kier alpha value is -0.610. The summed E-state index contributed by atoms with van der Waals surface area (Å²) in [6.07, 6.45) is 3.69. The fourth-order valence-corrected chi connectivity index (χ4v) is 1.69. The van der Waals surface area contributed by atoms with Gasteiger partial charge in [-0.3, -0.25) is 4.79 Å². The van der Waals surface area contributed by atoms with Crippen LogP contribution >= 0.6 is 0 Å². The van der Waals surface area contributed by atoms with Gasteiger partial charge in [-0.2, -0.15) is 0 Å². The molecular formula is C12H24N2O2.